The van der Waals surface area contributed by atoms with Gasteiger partial charge in [-0.15, -0.1) is 0 Å². The highest BCUT2D eigenvalue weighted by Gasteiger charge is 2.57. The van der Waals surface area contributed by atoms with E-state index < -0.39 is 31.5 Å². The van der Waals surface area contributed by atoms with Gasteiger partial charge in [-0.05, 0) is 17.7 Å². The van der Waals surface area contributed by atoms with E-state index in [1.807, 2.05) is 0 Å². The van der Waals surface area contributed by atoms with E-state index in [1.54, 1.807) is 0 Å². The van der Waals surface area contributed by atoms with Crippen LogP contribution in [0.3, 0.4) is 0 Å². The lowest BCUT2D eigenvalue weighted by molar-refractivity contribution is -0.197. The van der Waals surface area contributed by atoms with Crippen LogP contribution in [-0.4, -0.2) is 31.5 Å². The van der Waals surface area contributed by atoms with Crippen molar-refractivity contribution < 1.29 is 26.7 Å². The topological polar surface area (TPSA) is 9.23 Å². The molecule has 1 unspecified atom stereocenters. The minimum absolute atomic E-state index is 0.214. The number of hydrogen-bond donors (Lipinski definition) is 0. The predicted octanol–water partition coefficient (Wildman–Crippen LogP) is 4.24. The van der Waals surface area contributed by atoms with E-state index in [0.29, 0.717) is 5.33 Å². The summed E-state index contributed by atoms with van der Waals surface area (Å²) in [6.07, 6.45) is 0. The highest BCUT2D eigenvalue weighted by molar-refractivity contribution is 9.08. The molecular weight excluding hydrogens is 335 g/mol. The zero-order chi connectivity index (χ0) is 14.5. The number of hydrogen-bond acceptors (Lipinski definition) is 1. The van der Waals surface area contributed by atoms with Gasteiger partial charge >= 0.3 is 5.85 Å². The van der Waals surface area contributed by atoms with Crippen molar-refractivity contribution in [3.8, 4) is 5.75 Å². The van der Waals surface area contributed by atoms with Crippen LogP contribution in [0.1, 0.15) is 5.56 Å². The molecule has 0 radical (unpaired) electrons. The Morgan fingerprint density at radius 1 is 0.947 bits per heavy atom. The molecule has 1 atom stereocenters. The second-order valence-corrected chi connectivity index (χ2v) is 4.54. The average molecular weight is 347 g/mol. The lowest BCUT2D eigenvalue weighted by atomic mass is 10.00. The van der Waals surface area contributed by atoms with E-state index in [1.165, 1.54) is 24.3 Å². The van der Waals surface area contributed by atoms with Gasteiger partial charge < -0.3 is 4.74 Å². The molecule has 0 aliphatic rings. The Labute approximate surface area is 115 Å². The molecule has 0 aliphatic heterocycles. The minimum atomic E-state index is -3.70. The summed E-state index contributed by atoms with van der Waals surface area (Å²) < 4.78 is 69.6. The normalized spacial score (nSPS) is 15.1. The molecule has 0 amide bonds. The summed E-state index contributed by atoms with van der Waals surface area (Å²) in [4.78, 5) is 0. The van der Waals surface area contributed by atoms with Crippen molar-refractivity contribution >= 4 is 15.9 Å². The van der Waals surface area contributed by atoms with Crippen LogP contribution in [0, 0.1) is 0 Å². The van der Waals surface area contributed by atoms with Gasteiger partial charge in [0.25, 0.3) is 0 Å². The molecule has 0 bridgehead atoms. The molecule has 0 fully saturated rings. The molecule has 0 aliphatic carbocycles. The Morgan fingerprint density at radius 2 is 1.47 bits per heavy atom. The summed E-state index contributed by atoms with van der Waals surface area (Å²) in [5.41, 5.74) is -2.85. The van der Waals surface area contributed by atoms with Crippen molar-refractivity contribution in [1.82, 2.24) is 0 Å². The summed E-state index contributed by atoms with van der Waals surface area (Å²) in [5.74, 6) is -3.92. The maximum Gasteiger partial charge on any atom is 0.315 e. The third-order valence-corrected chi connectivity index (χ3v) is 3.27. The summed E-state index contributed by atoms with van der Waals surface area (Å²) in [5, 5.41) is 0.527. The molecule has 0 saturated carbocycles. The minimum Gasteiger partial charge on any atom is -0.452 e. The Kier molecular flexibility index (Phi) is 5.58. The highest BCUT2D eigenvalue weighted by atomic mass is 79.9. The lowest BCUT2D eigenvalue weighted by Gasteiger charge is -2.33. The maximum atomic E-state index is 14.0. The summed E-state index contributed by atoms with van der Waals surface area (Å²) in [6, 6.07) is 5.57. The van der Waals surface area contributed by atoms with E-state index in [4.69, 9.17) is 0 Å². The Balaban J connectivity index is 2.96. The van der Waals surface area contributed by atoms with Crippen LogP contribution in [0.5, 0.6) is 5.75 Å². The van der Waals surface area contributed by atoms with Gasteiger partial charge in [0.15, 0.2) is 6.67 Å². The molecule has 0 N–H and O–H groups in total. The number of benzene rings is 1. The smallest absolute Gasteiger partial charge is 0.315 e. The van der Waals surface area contributed by atoms with E-state index in [9.17, 15) is 22.0 Å². The first kappa shape index (κ1) is 16.2. The van der Waals surface area contributed by atoms with Crippen LogP contribution >= 0.6 is 15.9 Å². The molecule has 7 heteroatoms. The van der Waals surface area contributed by atoms with E-state index in [-0.39, 0.29) is 5.75 Å². The first-order valence-corrected chi connectivity index (χ1v) is 6.46. The van der Waals surface area contributed by atoms with Crippen LogP contribution in [0.2, 0.25) is 0 Å². The van der Waals surface area contributed by atoms with E-state index >= 15 is 0 Å². The first-order valence-electron chi connectivity index (χ1n) is 5.34. The summed E-state index contributed by atoms with van der Waals surface area (Å²) >= 11 is 3.18. The summed E-state index contributed by atoms with van der Waals surface area (Å²) in [7, 11) is 0. The fourth-order valence-corrected chi connectivity index (χ4v) is 1.68. The van der Waals surface area contributed by atoms with Crippen molar-refractivity contribution in [2.24, 2.45) is 0 Å². The maximum absolute atomic E-state index is 14.0. The monoisotopic (exact) mass is 346 g/mol. The van der Waals surface area contributed by atoms with Crippen LogP contribution in [-0.2, 0) is 5.33 Å². The van der Waals surface area contributed by atoms with Crippen LogP contribution < -0.4 is 4.74 Å². The third-order valence-electron chi connectivity index (χ3n) is 2.62. The van der Waals surface area contributed by atoms with Crippen LogP contribution in [0.25, 0.3) is 0 Å². The fourth-order valence-electron chi connectivity index (χ4n) is 1.31. The molecule has 19 heavy (non-hydrogen) atoms. The van der Waals surface area contributed by atoms with Crippen LogP contribution in [0.4, 0.5) is 22.0 Å². The Morgan fingerprint density at radius 3 is 1.84 bits per heavy atom. The lowest BCUT2D eigenvalue weighted by Crippen LogP contribution is -2.56. The molecule has 0 spiro atoms. The largest absolute Gasteiger partial charge is 0.452 e. The molecular formula is C12H12BrF5O. The molecule has 0 saturated heterocycles. The predicted molar refractivity (Wildman–Crippen MR) is 65.3 cm³/mol. The van der Waals surface area contributed by atoms with Gasteiger partial charge in [0.1, 0.15) is 19.1 Å². The van der Waals surface area contributed by atoms with Gasteiger partial charge in [0.05, 0.1) is 0 Å². The van der Waals surface area contributed by atoms with Gasteiger partial charge in [-0.25, -0.2) is 17.6 Å². The van der Waals surface area contributed by atoms with Crippen molar-refractivity contribution in [3.63, 3.8) is 0 Å². The zero-order valence-corrected chi connectivity index (χ0v) is 11.4. The zero-order valence-electron chi connectivity index (χ0n) is 9.81. The molecule has 0 heterocycles. The van der Waals surface area contributed by atoms with Gasteiger partial charge in [-0.3, -0.25) is 0 Å². The Bertz CT molecular complexity index is 396. The number of alkyl halides is 6. The Hall–Kier alpha value is -0.850. The molecule has 1 rings (SSSR count). The molecule has 0 aromatic heterocycles. The second-order valence-electron chi connectivity index (χ2n) is 3.97. The highest BCUT2D eigenvalue weighted by Crippen LogP contribution is 2.35. The molecule has 108 valence electrons. The van der Waals surface area contributed by atoms with Crippen molar-refractivity contribution in [2.45, 2.75) is 16.9 Å². The molecule has 1 aromatic rings. The third kappa shape index (κ3) is 3.38. The average Bonchev–Trinajstić information content (AvgIpc) is 2.46. The number of halogens is 6. The van der Waals surface area contributed by atoms with Crippen LogP contribution in [0.15, 0.2) is 24.3 Å². The van der Waals surface area contributed by atoms with Gasteiger partial charge in [0.2, 0.25) is 5.67 Å². The fraction of sp³-hybridized carbons (Fsp3) is 0.500. The standard InChI is InChI=1S/C12H12BrF5O/c13-5-9-1-3-10(4-2-9)19-12(18,8-16)11(17,6-14)7-15/h1-4H,5-8H2. The first-order chi connectivity index (χ1) is 8.94. The number of ether oxygens (including phenoxy) is 1. The van der Waals surface area contributed by atoms with Gasteiger partial charge in [-0.1, -0.05) is 28.1 Å². The van der Waals surface area contributed by atoms with Crippen molar-refractivity contribution in [3.05, 3.63) is 29.8 Å². The van der Waals surface area contributed by atoms with Crippen molar-refractivity contribution in [2.75, 3.05) is 20.0 Å². The quantitative estimate of drug-likeness (QED) is 0.530. The molecule has 1 nitrogen and oxygen atoms in total. The molecule has 1 aromatic carbocycles. The van der Waals surface area contributed by atoms with E-state index in [2.05, 4.69) is 20.7 Å². The number of rotatable bonds is 7. The van der Waals surface area contributed by atoms with Crippen molar-refractivity contribution in [1.29, 1.82) is 0 Å². The summed E-state index contributed by atoms with van der Waals surface area (Å²) in [6.45, 7) is -6.05. The van der Waals surface area contributed by atoms with E-state index in [0.717, 1.165) is 5.56 Å². The van der Waals surface area contributed by atoms with Gasteiger partial charge in [-0.2, -0.15) is 4.39 Å². The van der Waals surface area contributed by atoms with Gasteiger partial charge in [0, 0.05) is 5.33 Å². The SMILES string of the molecule is FCC(F)(CF)C(F)(CF)Oc1ccc(CBr)cc1. The second kappa shape index (κ2) is 6.54.